The minimum absolute atomic E-state index is 0.0580. The van der Waals surface area contributed by atoms with E-state index >= 15 is 0 Å². The molecule has 0 unspecified atom stereocenters. The fraction of sp³-hybridized carbons (Fsp3) is 0.286. The highest BCUT2D eigenvalue weighted by Gasteiger charge is 2.28. The summed E-state index contributed by atoms with van der Waals surface area (Å²) in [7, 11) is 0. The summed E-state index contributed by atoms with van der Waals surface area (Å²) in [4.78, 5) is 17.0. The maximum atomic E-state index is 12.5. The largest absolute Gasteiger partial charge is 0.284 e. The Labute approximate surface area is 109 Å². The van der Waals surface area contributed by atoms with Gasteiger partial charge >= 0.3 is 0 Å². The van der Waals surface area contributed by atoms with E-state index in [1.165, 1.54) is 11.8 Å². The van der Waals surface area contributed by atoms with E-state index in [4.69, 9.17) is 6.42 Å². The first-order valence-electron chi connectivity index (χ1n) is 5.89. The molecule has 90 valence electrons. The van der Waals surface area contributed by atoms with E-state index in [0.717, 1.165) is 23.5 Å². The van der Waals surface area contributed by atoms with Crippen LogP contribution in [0, 0.1) is 12.3 Å². The first-order chi connectivity index (χ1) is 8.81. The molecule has 1 aromatic carbocycles. The van der Waals surface area contributed by atoms with Crippen molar-refractivity contribution in [3.63, 3.8) is 0 Å². The van der Waals surface area contributed by atoms with Crippen molar-refractivity contribution in [2.24, 2.45) is 0 Å². The number of terminal acetylenes is 1. The number of hydrogen-bond donors (Lipinski definition) is 0. The van der Waals surface area contributed by atoms with Crippen LogP contribution in [0.5, 0.6) is 0 Å². The summed E-state index contributed by atoms with van der Waals surface area (Å²) < 4.78 is 1.81. The van der Waals surface area contributed by atoms with Crippen LogP contribution in [0.15, 0.2) is 34.2 Å². The molecule has 0 aliphatic heterocycles. The summed E-state index contributed by atoms with van der Waals surface area (Å²) in [5.41, 5.74) is 0.807. The zero-order valence-corrected chi connectivity index (χ0v) is 10.6. The van der Waals surface area contributed by atoms with Crippen LogP contribution in [-0.2, 0) is 0 Å². The fourth-order valence-electron chi connectivity index (χ4n) is 1.99. The van der Waals surface area contributed by atoms with E-state index in [-0.39, 0.29) is 5.56 Å². The summed E-state index contributed by atoms with van der Waals surface area (Å²) in [5, 5.41) is 1.44. The zero-order chi connectivity index (χ0) is 12.5. The molecule has 1 saturated carbocycles. The summed E-state index contributed by atoms with van der Waals surface area (Å²) in [5.74, 6) is 3.12. The van der Waals surface area contributed by atoms with Crippen LogP contribution in [0.3, 0.4) is 0 Å². The van der Waals surface area contributed by atoms with Gasteiger partial charge in [-0.3, -0.25) is 9.36 Å². The Kier molecular flexibility index (Phi) is 2.85. The maximum absolute atomic E-state index is 12.5. The first kappa shape index (κ1) is 11.4. The Bertz CT molecular complexity index is 695. The van der Waals surface area contributed by atoms with Gasteiger partial charge in [0.2, 0.25) is 0 Å². The van der Waals surface area contributed by atoms with Crippen molar-refractivity contribution in [2.75, 3.05) is 5.75 Å². The van der Waals surface area contributed by atoms with Crippen molar-refractivity contribution in [1.29, 1.82) is 0 Å². The van der Waals surface area contributed by atoms with Crippen molar-refractivity contribution in [1.82, 2.24) is 9.55 Å². The van der Waals surface area contributed by atoms with E-state index in [2.05, 4.69) is 10.9 Å². The average Bonchev–Trinajstić information content (AvgIpc) is 3.21. The van der Waals surface area contributed by atoms with Crippen molar-refractivity contribution < 1.29 is 0 Å². The molecule has 0 bridgehead atoms. The minimum Gasteiger partial charge on any atom is -0.284 e. The predicted molar refractivity (Wildman–Crippen MR) is 73.8 cm³/mol. The van der Waals surface area contributed by atoms with Gasteiger partial charge in [0.05, 0.1) is 16.7 Å². The van der Waals surface area contributed by atoms with Crippen LogP contribution in [0.1, 0.15) is 18.9 Å². The number of para-hydroxylation sites is 1. The molecule has 3 nitrogen and oxygen atoms in total. The Balaban J connectivity index is 2.23. The third-order valence-electron chi connectivity index (χ3n) is 2.97. The zero-order valence-electron chi connectivity index (χ0n) is 9.80. The maximum Gasteiger partial charge on any atom is 0.262 e. The molecule has 1 aromatic heterocycles. The van der Waals surface area contributed by atoms with E-state index in [1.54, 1.807) is 0 Å². The van der Waals surface area contributed by atoms with Gasteiger partial charge in [-0.25, -0.2) is 4.98 Å². The van der Waals surface area contributed by atoms with Crippen LogP contribution in [0.4, 0.5) is 0 Å². The van der Waals surface area contributed by atoms with E-state index < -0.39 is 0 Å². The number of fused-ring (bicyclic) bond motifs is 1. The highest BCUT2D eigenvalue weighted by molar-refractivity contribution is 7.99. The lowest BCUT2D eigenvalue weighted by Crippen LogP contribution is -2.22. The Morgan fingerprint density at radius 1 is 1.44 bits per heavy atom. The summed E-state index contributed by atoms with van der Waals surface area (Å²) in [6.45, 7) is 0. The molecule has 1 aliphatic rings. The van der Waals surface area contributed by atoms with Gasteiger partial charge in [-0.2, -0.15) is 0 Å². The van der Waals surface area contributed by atoms with Crippen molar-refractivity contribution >= 4 is 22.7 Å². The lowest BCUT2D eigenvalue weighted by molar-refractivity contribution is 0.618. The summed E-state index contributed by atoms with van der Waals surface area (Å²) >= 11 is 1.46. The number of aromatic nitrogens is 2. The molecule has 3 rings (SSSR count). The summed E-state index contributed by atoms with van der Waals surface area (Å²) in [6, 6.07) is 7.78. The molecule has 2 aromatic rings. The second-order valence-corrected chi connectivity index (χ2v) is 5.25. The quantitative estimate of drug-likeness (QED) is 0.480. The monoisotopic (exact) mass is 256 g/mol. The molecule has 4 heteroatoms. The lowest BCUT2D eigenvalue weighted by atomic mass is 10.2. The van der Waals surface area contributed by atoms with Crippen LogP contribution in [-0.4, -0.2) is 15.3 Å². The molecule has 0 radical (unpaired) electrons. The third-order valence-corrected chi connectivity index (χ3v) is 3.83. The Morgan fingerprint density at radius 3 is 2.94 bits per heavy atom. The molecule has 0 N–H and O–H groups in total. The third kappa shape index (κ3) is 1.91. The van der Waals surface area contributed by atoms with E-state index in [1.807, 2.05) is 28.8 Å². The van der Waals surface area contributed by atoms with Gasteiger partial charge in [-0.1, -0.05) is 29.8 Å². The fourth-order valence-corrected chi connectivity index (χ4v) is 2.73. The van der Waals surface area contributed by atoms with Gasteiger partial charge in [0.1, 0.15) is 0 Å². The number of rotatable bonds is 3. The lowest BCUT2D eigenvalue weighted by Gasteiger charge is -2.10. The predicted octanol–water partition coefficient (Wildman–Crippen LogP) is 2.46. The number of benzene rings is 1. The SMILES string of the molecule is C#CCSc1nc2ccccc2c(=O)n1C1CC1. The van der Waals surface area contributed by atoms with Crippen LogP contribution >= 0.6 is 11.8 Å². The number of hydrogen-bond acceptors (Lipinski definition) is 3. The molecule has 0 saturated heterocycles. The molecule has 1 aliphatic carbocycles. The smallest absolute Gasteiger partial charge is 0.262 e. The minimum atomic E-state index is 0.0580. The van der Waals surface area contributed by atoms with Gasteiger partial charge in [0, 0.05) is 6.04 Å². The van der Waals surface area contributed by atoms with Crippen LogP contribution < -0.4 is 5.56 Å². The molecule has 1 fully saturated rings. The van der Waals surface area contributed by atoms with E-state index in [9.17, 15) is 4.79 Å². The topological polar surface area (TPSA) is 34.9 Å². The first-order valence-corrected chi connectivity index (χ1v) is 6.87. The molecular weight excluding hydrogens is 244 g/mol. The second-order valence-electron chi connectivity index (χ2n) is 4.31. The van der Waals surface area contributed by atoms with Crippen LogP contribution in [0.25, 0.3) is 10.9 Å². The Hall–Kier alpha value is -1.73. The molecular formula is C14H12N2OS. The van der Waals surface area contributed by atoms with E-state index in [0.29, 0.717) is 17.2 Å². The molecule has 0 spiro atoms. The van der Waals surface area contributed by atoms with Gasteiger partial charge in [-0.05, 0) is 25.0 Å². The molecule has 0 amide bonds. The highest BCUT2D eigenvalue weighted by atomic mass is 32.2. The normalized spacial score (nSPS) is 14.6. The number of thioether (sulfide) groups is 1. The standard InChI is InChI=1S/C14H12N2OS/c1-2-9-18-14-15-12-6-4-3-5-11(12)13(17)16(14)10-7-8-10/h1,3-6,10H,7-9H2. The van der Waals surface area contributed by atoms with Crippen LogP contribution in [0.2, 0.25) is 0 Å². The van der Waals surface area contributed by atoms with Crippen molar-refractivity contribution in [3.8, 4) is 12.3 Å². The van der Waals surface area contributed by atoms with Gasteiger partial charge in [0.25, 0.3) is 5.56 Å². The molecule has 18 heavy (non-hydrogen) atoms. The van der Waals surface area contributed by atoms with Gasteiger partial charge in [0.15, 0.2) is 5.16 Å². The molecule has 0 atom stereocenters. The average molecular weight is 256 g/mol. The molecule has 1 heterocycles. The number of nitrogens with zero attached hydrogens (tertiary/aromatic N) is 2. The Morgan fingerprint density at radius 2 is 2.22 bits per heavy atom. The van der Waals surface area contributed by atoms with Gasteiger partial charge < -0.3 is 0 Å². The van der Waals surface area contributed by atoms with Gasteiger partial charge in [-0.15, -0.1) is 6.42 Å². The second kappa shape index (κ2) is 4.51. The van der Waals surface area contributed by atoms with Crippen molar-refractivity contribution in [2.45, 2.75) is 24.0 Å². The van der Waals surface area contributed by atoms with Crippen molar-refractivity contribution in [3.05, 3.63) is 34.6 Å². The highest BCUT2D eigenvalue weighted by Crippen LogP contribution is 2.36. The summed E-state index contributed by atoms with van der Waals surface area (Å²) in [6.07, 6.45) is 7.40.